The molecule has 1 aliphatic heterocycles. The number of fused-ring (bicyclic) bond motifs is 1. The van der Waals surface area contributed by atoms with Gasteiger partial charge in [0.15, 0.2) is 23.2 Å². The quantitative estimate of drug-likeness (QED) is 0.434. The second-order valence-corrected chi connectivity index (χ2v) is 6.97. The van der Waals surface area contributed by atoms with E-state index in [0.29, 0.717) is 6.07 Å². The van der Waals surface area contributed by atoms with E-state index in [1.807, 2.05) is 0 Å². The fourth-order valence-electron chi connectivity index (χ4n) is 3.38. The fraction of sp³-hybridized carbons (Fsp3) is 0.389. The van der Waals surface area contributed by atoms with E-state index in [1.165, 1.54) is 10.9 Å². The van der Waals surface area contributed by atoms with Crippen LogP contribution in [-0.2, 0) is 17.5 Å². The van der Waals surface area contributed by atoms with Gasteiger partial charge in [-0.25, -0.2) is 19.3 Å². The molecule has 3 aromatic rings. The van der Waals surface area contributed by atoms with E-state index in [-0.39, 0.29) is 29.1 Å². The molecule has 4 rings (SSSR count). The van der Waals surface area contributed by atoms with E-state index in [4.69, 9.17) is 4.74 Å². The Morgan fingerprint density at radius 1 is 1.10 bits per heavy atom. The number of nitrogens with zero attached hydrogens (tertiary/aromatic N) is 4. The lowest BCUT2D eigenvalue weighted by Gasteiger charge is -2.16. The first-order valence-electron chi connectivity index (χ1n) is 9.09. The van der Waals surface area contributed by atoms with Gasteiger partial charge in [-0.05, 0) is 23.8 Å². The van der Waals surface area contributed by atoms with Crippen LogP contribution >= 0.6 is 0 Å². The Kier molecular flexibility index (Phi) is 5.51. The molecule has 13 heteroatoms. The first kappa shape index (κ1) is 21.4. The summed E-state index contributed by atoms with van der Waals surface area (Å²) in [5.74, 6) is -0.860. The maximum atomic E-state index is 13.6. The van der Waals surface area contributed by atoms with Gasteiger partial charge in [0.05, 0.1) is 18.5 Å². The van der Waals surface area contributed by atoms with E-state index in [9.17, 15) is 32.9 Å². The van der Waals surface area contributed by atoms with Crippen molar-refractivity contribution in [2.45, 2.75) is 37.3 Å². The Morgan fingerprint density at radius 2 is 1.87 bits per heavy atom. The highest BCUT2D eigenvalue weighted by atomic mass is 19.4. The highest BCUT2D eigenvalue weighted by Gasteiger charge is 2.44. The summed E-state index contributed by atoms with van der Waals surface area (Å²) in [6.45, 7) is -0.676. The van der Waals surface area contributed by atoms with E-state index in [2.05, 4.69) is 20.3 Å². The number of anilines is 1. The molecule has 9 nitrogen and oxygen atoms in total. The van der Waals surface area contributed by atoms with Crippen molar-refractivity contribution in [2.75, 3.05) is 11.9 Å². The molecule has 4 atom stereocenters. The highest BCUT2D eigenvalue weighted by Crippen LogP contribution is 2.33. The van der Waals surface area contributed by atoms with Crippen LogP contribution in [0, 0.1) is 5.82 Å². The van der Waals surface area contributed by atoms with Crippen LogP contribution in [-0.4, -0.2) is 59.8 Å². The summed E-state index contributed by atoms with van der Waals surface area (Å²) < 4.78 is 59.1. The molecule has 31 heavy (non-hydrogen) atoms. The monoisotopic (exact) mass is 443 g/mol. The molecule has 0 saturated carbocycles. The molecule has 1 aliphatic rings. The van der Waals surface area contributed by atoms with Crippen LogP contribution < -0.4 is 5.32 Å². The van der Waals surface area contributed by atoms with E-state index >= 15 is 0 Å². The normalized spacial score (nSPS) is 24.1. The van der Waals surface area contributed by atoms with Crippen LogP contribution in [0.2, 0.25) is 0 Å². The Morgan fingerprint density at radius 3 is 2.55 bits per heavy atom. The molecular weight excluding hydrogens is 426 g/mol. The fourth-order valence-corrected chi connectivity index (χ4v) is 3.38. The summed E-state index contributed by atoms with van der Waals surface area (Å²) in [6, 6.07) is 2.21. The molecule has 1 aromatic carbocycles. The molecule has 1 fully saturated rings. The second kappa shape index (κ2) is 8.00. The molecule has 0 bridgehead atoms. The van der Waals surface area contributed by atoms with Crippen LogP contribution in [0.4, 0.5) is 23.4 Å². The number of aromatic nitrogens is 4. The van der Waals surface area contributed by atoms with Gasteiger partial charge in [-0.1, -0.05) is 0 Å². The molecule has 166 valence electrons. The van der Waals surface area contributed by atoms with Gasteiger partial charge >= 0.3 is 6.18 Å². The van der Waals surface area contributed by atoms with Gasteiger partial charge in [0, 0.05) is 6.54 Å². The average Bonchev–Trinajstić information content (AvgIpc) is 3.27. The molecule has 0 unspecified atom stereocenters. The van der Waals surface area contributed by atoms with E-state index in [1.54, 1.807) is 0 Å². The third-order valence-electron chi connectivity index (χ3n) is 4.89. The number of hydrogen-bond donors (Lipinski definition) is 4. The summed E-state index contributed by atoms with van der Waals surface area (Å²) in [7, 11) is 0. The number of imidazole rings is 1. The number of benzene rings is 1. The zero-order valence-corrected chi connectivity index (χ0v) is 15.7. The first-order chi connectivity index (χ1) is 14.7. The number of aliphatic hydroxyl groups is 3. The van der Waals surface area contributed by atoms with Gasteiger partial charge in [0.1, 0.15) is 30.5 Å². The van der Waals surface area contributed by atoms with Gasteiger partial charge in [0.25, 0.3) is 0 Å². The smallest absolute Gasteiger partial charge is 0.394 e. The van der Waals surface area contributed by atoms with Crippen molar-refractivity contribution in [3.63, 3.8) is 0 Å². The SMILES string of the molecule is OC[C@H]1O[C@@H](n2cnc3c(NCc4cc(F)cc(C(F)(F)F)c4)ncnc32)[C@H](O)[C@@H]1O. The molecule has 0 radical (unpaired) electrons. The maximum absolute atomic E-state index is 13.6. The molecular formula is C18H17F4N5O4. The lowest BCUT2D eigenvalue weighted by Crippen LogP contribution is -2.33. The summed E-state index contributed by atoms with van der Waals surface area (Å²) >= 11 is 0. The number of rotatable bonds is 5. The van der Waals surface area contributed by atoms with E-state index in [0.717, 1.165) is 18.5 Å². The minimum Gasteiger partial charge on any atom is -0.394 e. The van der Waals surface area contributed by atoms with Crippen molar-refractivity contribution < 1.29 is 37.6 Å². The Balaban J connectivity index is 1.59. The summed E-state index contributed by atoms with van der Waals surface area (Å²) in [5.41, 5.74) is -0.636. The van der Waals surface area contributed by atoms with E-state index < -0.39 is 48.7 Å². The number of aliphatic hydroxyl groups excluding tert-OH is 3. The molecule has 0 amide bonds. The lowest BCUT2D eigenvalue weighted by atomic mass is 10.1. The van der Waals surface area contributed by atoms with Gasteiger partial charge in [-0.15, -0.1) is 0 Å². The molecule has 2 aromatic heterocycles. The molecule has 0 spiro atoms. The number of halogens is 4. The minimum absolute atomic E-state index is 0.0435. The van der Waals surface area contributed by atoms with Crippen LogP contribution in [0.5, 0.6) is 0 Å². The van der Waals surface area contributed by atoms with Crippen molar-refractivity contribution in [1.82, 2.24) is 19.5 Å². The van der Waals surface area contributed by atoms with Crippen molar-refractivity contribution in [1.29, 1.82) is 0 Å². The summed E-state index contributed by atoms with van der Waals surface area (Å²) in [6.07, 6.45) is -6.97. The minimum atomic E-state index is -4.68. The van der Waals surface area contributed by atoms with Crippen molar-refractivity contribution in [3.05, 3.63) is 47.8 Å². The number of ether oxygens (including phenoxy) is 1. The van der Waals surface area contributed by atoms with Gasteiger partial charge in [-0.3, -0.25) is 4.57 Å². The Labute approximate surface area is 172 Å². The van der Waals surface area contributed by atoms with Gasteiger partial charge in [0.2, 0.25) is 0 Å². The summed E-state index contributed by atoms with van der Waals surface area (Å²) in [5, 5.41) is 32.2. The number of alkyl halides is 3. The zero-order valence-electron chi connectivity index (χ0n) is 15.7. The topological polar surface area (TPSA) is 126 Å². The zero-order chi connectivity index (χ0) is 22.3. The standard InChI is InChI=1S/C18H17F4N5O4/c19-10-2-8(1-9(3-10)18(20,21)22)4-23-15-12-16(25-6-24-15)27(7-26-12)17-14(30)13(29)11(5-28)31-17/h1-3,6-7,11,13-14,17,28-30H,4-5H2,(H,23,24,25)/t11-,13-,14-,17-/m1/s1. The third-order valence-corrected chi connectivity index (χ3v) is 4.89. The van der Waals surface area contributed by atoms with Crippen LogP contribution in [0.3, 0.4) is 0 Å². The summed E-state index contributed by atoms with van der Waals surface area (Å²) in [4.78, 5) is 12.2. The van der Waals surface area contributed by atoms with Gasteiger partial charge in [-0.2, -0.15) is 13.2 Å². The Bertz CT molecular complexity index is 1090. The van der Waals surface area contributed by atoms with Crippen LogP contribution in [0.15, 0.2) is 30.9 Å². The predicted molar refractivity (Wildman–Crippen MR) is 97.1 cm³/mol. The van der Waals surface area contributed by atoms with Crippen molar-refractivity contribution in [2.24, 2.45) is 0 Å². The van der Waals surface area contributed by atoms with Crippen LogP contribution in [0.1, 0.15) is 17.4 Å². The number of nitrogens with one attached hydrogen (secondary N) is 1. The van der Waals surface area contributed by atoms with Gasteiger partial charge < -0.3 is 25.4 Å². The Hall–Kier alpha value is -2.87. The van der Waals surface area contributed by atoms with Crippen LogP contribution in [0.25, 0.3) is 11.2 Å². The lowest BCUT2D eigenvalue weighted by molar-refractivity contribution is -0.137. The molecule has 0 aliphatic carbocycles. The second-order valence-electron chi connectivity index (χ2n) is 6.97. The third kappa shape index (κ3) is 4.04. The predicted octanol–water partition coefficient (Wildman–Crippen LogP) is 1.21. The van der Waals surface area contributed by atoms with Crippen molar-refractivity contribution in [3.8, 4) is 0 Å². The number of hydrogen-bond acceptors (Lipinski definition) is 8. The average molecular weight is 443 g/mol. The molecule has 3 heterocycles. The van der Waals surface area contributed by atoms with Crippen molar-refractivity contribution >= 4 is 17.0 Å². The molecule has 4 N–H and O–H groups in total. The molecule has 1 saturated heterocycles. The largest absolute Gasteiger partial charge is 0.416 e. The highest BCUT2D eigenvalue weighted by molar-refractivity contribution is 5.82. The first-order valence-corrected chi connectivity index (χ1v) is 9.09. The maximum Gasteiger partial charge on any atom is 0.416 e.